The first-order valence-corrected chi connectivity index (χ1v) is 25.1. The SMILES string of the molecule is CC(C)C[C@H](NC(=O)[C@@H](NC(=O)[C@H](Cc1ccccc1)NC(=O)[C@H](Cc1ccc([N+](=O)[O-])cc1)NC(=O)[C@H](C)NC(=O)[C@H](C)NC(=O)[C@H](Cc1ccccc1)NC(=O)OC(C)(C)C)C(C)C)C(=O)OCc1ccncc1. The molecule has 7 amide bonds. The molecule has 7 N–H and O–H groups in total. The largest absolute Gasteiger partial charge is 0.459 e. The van der Waals surface area contributed by atoms with E-state index in [-0.39, 0.29) is 43.9 Å². The van der Waals surface area contributed by atoms with Crippen LogP contribution in [0, 0.1) is 22.0 Å². The third-order valence-electron chi connectivity index (χ3n) is 11.6. The lowest BCUT2D eigenvalue weighted by molar-refractivity contribution is -0.384. The Morgan fingerprint density at radius 3 is 1.45 bits per heavy atom. The minimum Gasteiger partial charge on any atom is -0.459 e. The van der Waals surface area contributed by atoms with E-state index in [1.807, 2.05) is 13.8 Å². The van der Waals surface area contributed by atoms with E-state index in [4.69, 9.17) is 9.47 Å². The number of nitrogens with zero attached hydrogens (tertiary/aromatic N) is 2. The zero-order valence-corrected chi connectivity index (χ0v) is 44.4. The predicted molar refractivity (Wildman–Crippen MR) is 282 cm³/mol. The van der Waals surface area contributed by atoms with E-state index in [1.54, 1.807) is 120 Å². The molecule has 0 fully saturated rings. The van der Waals surface area contributed by atoms with E-state index in [2.05, 4.69) is 42.2 Å². The van der Waals surface area contributed by atoms with Crippen molar-refractivity contribution in [3.05, 3.63) is 142 Å². The molecular weight excluding hydrogens is 979 g/mol. The highest BCUT2D eigenvalue weighted by Crippen LogP contribution is 2.16. The van der Waals surface area contributed by atoms with Gasteiger partial charge in [0, 0.05) is 43.8 Å². The van der Waals surface area contributed by atoms with Crippen LogP contribution in [0.4, 0.5) is 10.5 Å². The summed E-state index contributed by atoms with van der Waals surface area (Å²) >= 11 is 0. The first-order chi connectivity index (χ1) is 35.9. The molecule has 0 spiro atoms. The minimum absolute atomic E-state index is 0.0361. The molecule has 4 aromatic rings. The van der Waals surface area contributed by atoms with E-state index >= 15 is 0 Å². The van der Waals surface area contributed by atoms with Gasteiger partial charge in [-0.25, -0.2) is 9.59 Å². The summed E-state index contributed by atoms with van der Waals surface area (Å²) in [6.45, 7) is 14.8. The van der Waals surface area contributed by atoms with Gasteiger partial charge in [-0.2, -0.15) is 0 Å². The fourth-order valence-corrected chi connectivity index (χ4v) is 7.59. The number of ether oxygens (including phenoxy) is 2. The summed E-state index contributed by atoms with van der Waals surface area (Å²) in [4.78, 5) is 125. The highest BCUT2D eigenvalue weighted by atomic mass is 16.6. The van der Waals surface area contributed by atoms with Gasteiger partial charge in [-0.05, 0) is 87.3 Å². The number of aromatic nitrogens is 1. The topological polar surface area (TPSA) is 295 Å². The Labute approximate surface area is 443 Å². The van der Waals surface area contributed by atoms with E-state index in [0.29, 0.717) is 22.3 Å². The fourth-order valence-electron chi connectivity index (χ4n) is 7.59. The van der Waals surface area contributed by atoms with Crippen LogP contribution in [-0.2, 0) is 68.9 Å². The predicted octanol–water partition coefficient (Wildman–Crippen LogP) is 4.31. The molecule has 0 bridgehead atoms. The van der Waals surface area contributed by atoms with Gasteiger partial charge in [0.15, 0.2) is 0 Å². The van der Waals surface area contributed by atoms with Crippen molar-refractivity contribution in [3.63, 3.8) is 0 Å². The number of nitrogens with one attached hydrogen (secondary N) is 7. The lowest BCUT2D eigenvalue weighted by atomic mass is 9.98. The smallest absolute Gasteiger partial charge is 0.408 e. The second-order valence-corrected chi connectivity index (χ2v) is 20.2. The summed E-state index contributed by atoms with van der Waals surface area (Å²) in [5.41, 5.74) is 1.34. The monoisotopic (exact) mass is 1050 g/mol. The molecule has 0 aliphatic carbocycles. The Bertz CT molecular complexity index is 2600. The maximum Gasteiger partial charge on any atom is 0.408 e. The van der Waals surface area contributed by atoms with Crippen LogP contribution in [0.15, 0.2) is 109 Å². The number of esters is 1. The Morgan fingerprint density at radius 2 is 0.961 bits per heavy atom. The molecule has 1 heterocycles. The van der Waals surface area contributed by atoms with E-state index in [1.165, 1.54) is 38.1 Å². The molecule has 0 saturated carbocycles. The highest BCUT2D eigenvalue weighted by Gasteiger charge is 2.35. The van der Waals surface area contributed by atoms with Gasteiger partial charge in [-0.15, -0.1) is 0 Å². The van der Waals surface area contributed by atoms with Crippen LogP contribution in [-0.4, -0.2) is 105 Å². The number of nitro groups is 1. The number of nitro benzene ring substituents is 1. The fraction of sp³-hybridized carbons (Fsp3) is 0.436. The van der Waals surface area contributed by atoms with Crippen molar-refractivity contribution in [2.75, 3.05) is 0 Å². The zero-order valence-electron chi connectivity index (χ0n) is 44.4. The quantitative estimate of drug-likeness (QED) is 0.0263. The highest BCUT2D eigenvalue weighted by molar-refractivity contribution is 5.97. The van der Waals surface area contributed by atoms with Crippen molar-refractivity contribution in [1.82, 2.24) is 42.2 Å². The van der Waals surface area contributed by atoms with Crippen LogP contribution in [0.1, 0.15) is 91.0 Å². The maximum atomic E-state index is 14.5. The molecule has 0 unspecified atom stereocenters. The summed E-state index contributed by atoms with van der Waals surface area (Å²) in [5, 5.41) is 30.0. The Morgan fingerprint density at radius 1 is 0.526 bits per heavy atom. The lowest BCUT2D eigenvalue weighted by Gasteiger charge is -2.28. The number of carbonyl (C=O) groups is 8. The number of non-ortho nitro benzene ring substituents is 1. The van der Waals surface area contributed by atoms with Crippen LogP contribution >= 0.6 is 0 Å². The average Bonchev–Trinajstić information content (AvgIpc) is 3.36. The van der Waals surface area contributed by atoms with Gasteiger partial charge in [0.25, 0.3) is 5.69 Å². The van der Waals surface area contributed by atoms with Crippen molar-refractivity contribution in [3.8, 4) is 0 Å². The molecule has 21 nitrogen and oxygen atoms in total. The number of pyridine rings is 1. The molecule has 4 rings (SSSR count). The zero-order chi connectivity index (χ0) is 56.1. The van der Waals surface area contributed by atoms with Crippen molar-refractivity contribution < 1.29 is 52.8 Å². The number of amides is 7. The molecule has 21 heteroatoms. The van der Waals surface area contributed by atoms with Crippen molar-refractivity contribution in [1.29, 1.82) is 0 Å². The van der Waals surface area contributed by atoms with E-state index < -0.39 is 106 Å². The molecule has 3 aromatic carbocycles. The Hall–Kier alpha value is -8.23. The number of hydrogen-bond donors (Lipinski definition) is 7. The summed E-state index contributed by atoms with van der Waals surface area (Å²) in [6.07, 6.45) is 2.26. The van der Waals surface area contributed by atoms with Gasteiger partial charge < -0.3 is 46.7 Å². The second kappa shape index (κ2) is 29.0. The Kier molecular flexibility index (Phi) is 23.0. The lowest BCUT2D eigenvalue weighted by Crippen LogP contribution is -2.60. The minimum atomic E-state index is -1.45. The molecule has 408 valence electrons. The van der Waals surface area contributed by atoms with Gasteiger partial charge in [-0.1, -0.05) is 100 Å². The number of carbonyl (C=O) groups excluding carboxylic acids is 8. The number of benzene rings is 3. The number of hydrogen-bond acceptors (Lipinski definition) is 13. The molecule has 0 radical (unpaired) electrons. The normalized spacial score (nSPS) is 14.0. The van der Waals surface area contributed by atoms with Gasteiger partial charge in [0.2, 0.25) is 35.4 Å². The first-order valence-electron chi connectivity index (χ1n) is 25.1. The summed E-state index contributed by atoms with van der Waals surface area (Å²) < 4.78 is 10.9. The van der Waals surface area contributed by atoms with E-state index in [0.717, 1.165) is 0 Å². The Balaban J connectivity index is 1.54. The number of alkyl carbamates (subject to hydrolysis) is 1. The molecular formula is C55H71N9O12. The van der Waals surface area contributed by atoms with Crippen molar-refractivity contribution in [2.45, 2.75) is 142 Å². The van der Waals surface area contributed by atoms with Crippen molar-refractivity contribution >= 4 is 53.2 Å². The van der Waals surface area contributed by atoms with Gasteiger partial charge in [-0.3, -0.25) is 43.9 Å². The maximum absolute atomic E-state index is 14.5. The molecule has 0 aliphatic rings. The van der Waals surface area contributed by atoms with Crippen LogP contribution < -0.4 is 37.2 Å². The van der Waals surface area contributed by atoms with Gasteiger partial charge in [0.05, 0.1) is 4.92 Å². The molecule has 1 aromatic heterocycles. The third kappa shape index (κ3) is 20.6. The number of rotatable bonds is 26. The molecule has 7 atom stereocenters. The van der Waals surface area contributed by atoms with E-state index in [9.17, 15) is 48.5 Å². The van der Waals surface area contributed by atoms with Gasteiger partial charge in [0.1, 0.15) is 54.5 Å². The average molecular weight is 1050 g/mol. The van der Waals surface area contributed by atoms with Crippen LogP contribution in [0.5, 0.6) is 0 Å². The second-order valence-electron chi connectivity index (χ2n) is 20.2. The summed E-state index contributed by atoms with van der Waals surface area (Å²) in [6, 6.07) is 17.5. The van der Waals surface area contributed by atoms with Gasteiger partial charge >= 0.3 is 12.1 Å². The summed E-state index contributed by atoms with van der Waals surface area (Å²) in [5.74, 6) is -5.87. The van der Waals surface area contributed by atoms with Crippen LogP contribution in [0.2, 0.25) is 0 Å². The van der Waals surface area contributed by atoms with Crippen molar-refractivity contribution in [2.24, 2.45) is 11.8 Å². The first kappa shape index (κ1) is 60.3. The standard InChI is InChI=1S/C55H71N9O12/c1-33(2)28-45(53(71)75-32-40-24-26-56-27-25-40)61-52(70)46(34(3)4)63-51(69)43(29-37-16-12-10-13-17-37)60-50(68)42(31-39-20-22-41(23-21-39)64(73)74)59-48(66)36(6)57-47(65)35(5)58-49(67)44(30-38-18-14-11-15-19-38)62-54(72)76-55(7,8)9/h10-27,33-36,42-46H,28-32H2,1-9H3,(H,57,65)(H,58,67)(H,59,66)(H,60,68)(H,61,70)(H,62,72)(H,63,69)/t35-,36-,42-,43-,44-,45-,46-/m0/s1. The molecule has 0 aliphatic heterocycles. The molecule has 76 heavy (non-hydrogen) atoms. The molecule has 0 saturated heterocycles. The third-order valence-corrected chi connectivity index (χ3v) is 11.6. The van der Waals surface area contributed by atoms with Crippen LogP contribution in [0.3, 0.4) is 0 Å². The van der Waals surface area contributed by atoms with Crippen LogP contribution in [0.25, 0.3) is 0 Å². The summed E-state index contributed by atoms with van der Waals surface area (Å²) in [7, 11) is 0.